The summed E-state index contributed by atoms with van der Waals surface area (Å²) >= 11 is 1.48. The number of aryl methyl sites for hydroxylation is 1. The van der Waals surface area contributed by atoms with Gasteiger partial charge in [-0.2, -0.15) is 0 Å². The van der Waals surface area contributed by atoms with E-state index in [1.807, 2.05) is 28.8 Å². The van der Waals surface area contributed by atoms with Gasteiger partial charge in [0, 0.05) is 19.0 Å². The molecular weight excluding hydrogens is 380 g/mol. The van der Waals surface area contributed by atoms with Crippen LogP contribution in [-0.4, -0.2) is 39.8 Å². The van der Waals surface area contributed by atoms with Crippen molar-refractivity contribution < 1.29 is 9.47 Å². The Morgan fingerprint density at radius 3 is 3.00 bits per heavy atom. The number of thioether (sulfide) groups is 1. The van der Waals surface area contributed by atoms with E-state index in [0.717, 1.165) is 22.5 Å². The van der Waals surface area contributed by atoms with Gasteiger partial charge in [-0.25, -0.2) is 15.0 Å². The fraction of sp³-hybridized carbons (Fsp3) is 0.278. The summed E-state index contributed by atoms with van der Waals surface area (Å²) in [5, 5.41) is 3.65. The molecule has 3 heterocycles. The molecule has 3 aromatic rings. The van der Waals surface area contributed by atoms with Gasteiger partial charge < -0.3 is 18.9 Å². The van der Waals surface area contributed by atoms with Crippen LogP contribution in [0.4, 0.5) is 11.5 Å². The number of aromatic nitrogens is 4. The number of nitroso groups, excluding NO2 is 1. The summed E-state index contributed by atoms with van der Waals surface area (Å²) in [5.74, 6) is 1.80. The maximum Gasteiger partial charge on any atom is 0.191 e. The highest BCUT2D eigenvalue weighted by atomic mass is 32.2. The van der Waals surface area contributed by atoms with E-state index >= 15 is 0 Å². The van der Waals surface area contributed by atoms with E-state index in [0.29, 0.717) is 29.8 Å². The molecule has 0 saturated carbocycles. The van der Waals surface area contributed by atoms with Crippen LogP contribution in [0.1, 0.15) is 5.56 Å². The van der Waals surface area contributed by atoms with Crippen LogP contribution in [-0.2, 0) is 17.5 Å². The van der Waals surface area contributed by atoms with Crippen molar-refractivity contribution in [3.05, 3.63) is 47.5 Å². The van der Waals surface area contributed by atoms with Gasteiger partial charge in [0.25, 0.3) is 0 Å². The van der Waals surface area contributed by atoms with E-state index in [-0.39, 0.29) is 5.69 Å². The molecule has 9 nitrogen and oxygen atoms in total. The molecule has 0 atom stereocenters. The van der Waals surface area contributed by atoms with Crippen molar-refractivity contribution in [1.82, 2.24) is 19.5 Å². The number of imidazole rings is 1. The van der Waals surface area contributed by atoms with Gasteiger partial charge in [-0.15, -0.1) is 4.91 Å². The quantitative estimate of drug-likeness (QED) is 0.354. The van der Waals surface area contributed by atoms with Crippen LogP contribution >= 0.6 is 11.8 Å². The number of anilines is 1. The molecule has 0 aliphatic carbocycles. The van der Waals surface area contributed by atoms with Crippen LogP contribution in [0.5, 0.6) is 5.75 Å². The second-order valence-corrected chi connectivity index (χ2v) is 7.04. The van der Waals surface area contributed by atoms with Crippen molar-refractivity contribution in [3.8, 4) is 5.75 Å². The predicted octanol–water partition coefficient (Wildman–Crippen LogP) is 3.37. The highest BCUT2D eigenvalue weighted by Crippen LogP contribution is 2.32. The molecule has 0 fully saturated rings. The lowest BCUT2D eigenvalue weighted by atomic mass is 10.2. The molecule has 0 spiro atoms. The third-order valence-corrected chi connectivity index (χ3v) is 5.21. The lowest BCUT2D eigenvalue weighted by molar-refractivity contribution is 0.245. The highest BCUT2D eigenvalue weighted by molar-refractivity contribution is 7.98. The predicted molar refractivity (Wildman–Crippen MR) is 107 cm³/mol. The van der Waals surface area contributed by atoms with Crippen molar-refractivity contribution in [2.45, 2.75) is 10.9 Å². The number of nitrogens with zero attached hydrogens (tertiary/aromatic N) is 6. The van der Waals surface area contributed by atoms with Crippen molar-refractivity contribution in [2.24, 2.45) is 12.2 Å². The summed E-state index contributed by atoms with van der Waals surface area (Å²) in [6, 6.07) is 5.35. The van der Waals surface area contributed by atoms with Crippen LogP contribution in [0.15, 0.2) is 47.3 Å². The third kappa shape index (κ3) is 3.50. The van der Waals surface area contributed by atoms with Crippen LogP contribution in [0.25, 0.3) is 11.2 Å². The average molecular weight is 398 g/mol. The Labute approximate surface area is 165 Å². The fourth-order valence-electron chi connectivity index (χ4n) is 2.87. The number of hydrogen-bond acceptors (Lipinski definition) is 9. The summed E-state index contributed by atoms with van der Waals surface area (Å²) in [6.45, 7) is 1.28. The van der Waals surface area contributed by atoms with E-state index in [1.54, 1.807) is 24.7 Å². The molecule has 0 N–H and O–H groups in total. The summed E-state index contributed by atoms with van der Waals surface area (Å²) in [6.07, 6.45) is 5.23. The van der Waals surface area contributed by atoms with E-state index in [1.165, 1.54) is 18.9 Å². The Morgan fingerprint density at radius 1 is 1.36 bits per heavy atom. The first-order valence-electron chi connectivity index (χ1n) is 8.56. The topological polar surface area (TPSA) is 94.7 Å². The average Bonchev–Trinajstić information content (AvgIpc) is 3.12. The number of rotatable bonds is 6. The zero-order valence-electron chi connectivity index (χ0n) is 15.4. The van der Waals surface area contributed by atoms with Crippen molar-refractivity contribution in [1.29, 1.82) is 0 Å². The molecule has 4 rings (SSSR count). The first-order chi connectivity index (χ1) is 13.7. The van der Waals surface area contributed by atoms with Gasteiger partial charge in [0.05, 0.1) is 26.2 Å². The summed E-state index contributed by atoms with van der Waals surface area (Å²) in [4.78, 5) is 26.8. The smallest absolute Gasteiger partial charge is 0.191 e. The Hall–Kier alpha value is -3.14. The number of hydrogen-bond donors (Lipinski definition) is 0. The van der Waals surface area contributed by atoms with E-state index in [9.17, 15) is 4.91 Å². The van der Waals surface area contributed by atoms with Crippen LogP contribution in [0.2, 0.25) is 0 Å². The molecule has 0 bridgehead atoms. The van der Waals surface area contributed by atoms with Crippen molar-refractivity contribution in [3.63, 3.8) is 0 Å². The van der Waals surface area contributed by atoms with Crippen LogP contribution in [0, 0.1) is 4.91 Å². The highest BCUT2D eigenvalue weighted by Gasteiger charge is 2.18. The molecule has 2 aromatic heterocycles. The number of ether oxygens (including phenoxy) is 2. The van der Waals surface area contributed by atoms with Crippen molar-refractivity contribution >= 4 is 34.4 Å². The maximum atomic E-state index is 11.0. The zero-order chi connectivity index (χ0) is 19.5. The molecule has 0 unspecified atom stereocenters. The number of methoxy groups -OCH3 is 1. The second kappa shape index (κ2) is 7.85. The lowest BCUT2D eigenvalue weighted by Gasteiger charge is -2.22. The van der Waals surface area contributed by atoms with E-state index < -0.39 is 0 Å². The SMILES string of the molecule is COc1ccc(CSc2nc(N3C=COCC3)c3ncn(C)c3n2)cc1N=O. The van der Waals surface area contributed by atoms with Crippen molar-refractivity contribution in [2.75, 3.05) is 25.2 Å². The Balaban J connectivity index is 1.63. The summed E-state index contributed by atoms with van der Waals surface area (Å²) in [5.41, 5.74) is 2.72. The molecule has 144 valence electrons. The minimum Gasteiger partial charge on any atom is -0.498 e. The minimum atomic E-state index is 0.280. The lowest BCUT2D eigenvalue weighted by Crippen LogP contribution is -2.25. The van der Waals surface area contributed by atoms with Gasteiger partial charge in [-0.1, -0.05) is 17.8 Å². The van der Waals surface area contributed by atoms with Gasteiger partial charge in [-0.3, -0.25) is 0 Å². The first kappa shape index (κ1) is 18.2. The molecule has 0 saturated heterocycles. The summed E-state index contributed by atoms with van der Waals surface area (Å²) in [7, 11) is 3.41. The molecule has 28 heavy (non-hydrogen) atoms. The van der Waals surface area contributed by atoms with E-state index in [4.69, 9.17) is 14.5 Å². The largest absolute Gasteiger partial charge is 0.498 e. The Morgan fingerprint density at radius 2 is 2.25 bits per heavy atom. The maximum absolute atomic E-state index is 11.0. The molecular formula is C18H18N6O3S. The Kier molecular flexibility index (Phi) is 5.11. The first-order valence-corrected chi connectivity index (χ1v) is 9.55. The molecule has 0 radical (unpaired) electrons. The van der Waals surface area contributed by atoms with Gasteiger partial charge in [0.15, 0.2) is 22.1 Å². The minimum absolute atomic E-state index is 0.280. The molecule has 0 amide bonds. The molecule has 1 aliphatic heterocycles. The third-order valence-electron chi connectivity index (χ3n) is 4.29. The van der Waals surface area contributed by atoms with Crippen LogP contribution < -0.4 is 9.64 Å². The van der Waals surface area contributed by atoms with Gasteiger partial charge >= 0.3 is 0 Å². The zero-order valence-corrected chi connectivity index (χ0v) is 16.2. The normalized spacial score (nSPS) is 13.6. The standard InChI is InChI=1S/C18H18N6O3S/c1-23-11-19-15-16(23)20-18(21-17(15)24-5-7-27-8-6-24)28-10-12-3-4-14(26-2)13(9-12)22-25/h3-5,7,9,11H,6,8,10H2,1-2H3. The number of fused-ring (bicyclic) bond motifs is 1. The molecule has 1 aromatic carbocycles. The second-order valence-electron chi connectivity index (χ2n) is 6.09. The Bertz CT molecular complexity index is 1050. The van der Waals surface area contributed by atoms with Crippen LogP contribution in [0.3, 0.4) is 0 Å². The monoisotopic (exact) mass is 398 g/mol. The van der Waals surface area contributed by atoms with Gasteiger partial charge in [-0.05, 0) is 22.9 Å². The van der Waals surface area contributed by atoms with Gasteiger partial charge in [0.2, 0.25) is 0 Å². The fourth-order valence-corrected chi connectivity index (χ4v) is 3.65. The van der Waals surface area contributed by atoms with E-state index in [2.05, 4.69) is 15.1 Å². The summed E-state index contributed by atoms with van der Waals surface area (Å²) < 4.78 is 12.3. The number of benzene rings is 1. The molecule has 10 heteroatoms. The molecule has 1 aliphatic rings. The van der Waals surface area contributed by atoms with Gasteiger partial charge in [0.1, 0.15) is 18.0 Å².